The van der Waals surface area contributed by atoms with Crippen LogP contribution in [0.15, 0.2) is 0 Å². The third-order valence-corrected chi connectivity index (χ3v) is 1.90. The van der Waals surface area contributed by atoms with Crippen molar-refractivity contribution in [3.63, 3.8) is 0 Å². The molecule has 0 aromatic carbocycles. The number of alkyl halides is 2. The number of hydrogen-bond donors (Lipinski definition) is 2. The summed E-state index contributed by atoms with van der Waals surface area (Å²) in [5.41, 5.74) is 0. The van der Waals surface area contributed by atoms with E-state index in [4.69, 9.17) is 5.11 Å². The summed E-state index contributed by atoms with van der Waals surface area (Å²) >= 11 is 0. The molecule has 6 heteroatoms. The quantitative estimate of drug-likeness (QED) is 0.688. The van der Waals surface area contributed by atoms with Crippen LogP contribution in [0.4, 0.5) is 8.78 Å². The molecule has 72 valence electrons. The maximum absolute atomic E-state index is 12.0. The molecular weight excluding hydrogens is 192 g/mol. The summed E-state index contributed by atoms with van der Waals surface area (Å²) < 4.78 is 24.1. The Balaban J connectivity index is 0.00000121. The van der Waals surface area contributed by atoms with Gasteiger partial charge in [-0.25, -0.2) is 8.78 Å². The molecule has 3 nitrogen and oxygen atoms in total. The van der Waals surface area contributed by atoms with Gasteiger partial charge in [-0.2, -0.15) is 0 Å². The fourth-order valence-electron chi connectivity index (χ4n) is 1.23. The van der Waals surface area contributed by atoms with Crippen molar-refractivity contribution in [1.82, 2.24) is 5.32 Å². The van der Waals surface area contributed by atoms with Gasteiger partial charge in [-0.15, -0.1) is 12.4 Å². The van der Waals surface area contributed by atoms with Gasteiger partial charge in [0.25, 0.3) is 0 Å². The molecule has 1 rings (SSSR count). The molecule has 0 saturated carbocycles. The molecule has 1 saturated heterocycles. The number of hydrogen-bond acceptors (Lipinski definition) is 2. The summed E-state index contributed by atoms with van der Waals surface area (Å²) in [4.78, 5) is 10.3. The first-order valence-corrected chi connectivity index (χ1v) is 3.34. The van der Waals surface area contributed by atoms with Crippen LogP contribution in [0.25, 0.3) is 0 Å². The van der Waals surface area contributed by atoms with Crippen LogP contribution >= 0.6 is 12.4 Å². The molecule has 1 aliphatic rings. The van der Waals surface area contributed by atoms with Gasteiger partial charge in [0.1, 0.15) is 0 Å². The first-order chi connectivity index (χ1) is 5.13. The van der Waals surface area contributed by atoms with Gasteiger partial charge in [-0.1, -0.05) is 0 Å². The second-order valence-electron chi connectivity index (χ2n) is 2.60. The highest BCUT2D eigenvalue weighted by atomic mass is 35.5. The van der Waals surface area contributed by atoms with E-state index < -0.39 is 24.2 Å². The predicted molar refractivity (Wildman–Crippen MR) is 40.7 cm³/mol. The molecule has 0 amide bonds. The topological polar surface area (TPSA) is 49.3 Å². The molecular formula is C6H10ClF2NO2. The first kappa shape index (κ1) is 11.6. The summed E-state index contributed by atoms with van der Waals surface area (Å²) in [6.07, 6.45) is -2.54. The Hall–Kier alpha value is -0.420. The Morgan fingerprint density at radius 2 is 2.08 bits per heavy atom. The minimum absolute atomic E-state index is 0. The highest BCUT2D eigenvalue weighted by Crippen LogP contribution is 2.23. The summed E-state index contributed by atoms with van der Waals surface area (Å²) in [6, 6.07) is 0. The molecule has 0 bridgehead atoms. The van der Waals surface area contributed by atoms with Crippen molar-refractivity contribution >= 4 is 18.4 Å². The average molecular weight is 202 g/mol. The molecule has 0 unspecified atom stereocenters. The zero-order chi connectivity index (χ0) is 8.43. The van der Waals surface area contributed by atoms with E-state index in [1.54, 1.807) is 0 Å². The number of halogens is 3. The smallest absolute Gasteiger partial charge is 0.308 e. The summed E-state index contributed by atoms with van der Waals surface area (Å²) in [7, 11) is 0. The minimum atomic E-state index is -2.54. The number of carbonyl (C=O) groups is 1. The Kier molecular flexibility index (Phi) is 4.41. The minimum Gasteiger partial charge on any atom is -0.481 e. The SMILES string of the molecule is Cl.O=C(O)[C@H]1CNC[C@@H]1C(F)F. The lowest BCUT2D eigenvalue weighted by Gasteiger charge is -2.12. The van der Waals surface area contributed by atoms with Crippen LogP contribution in [0.2, 0.25) is 0 Å². The van der Waals surface area contributed by atoms with E-state index in [-0.39, 0.29) is 25.5 Å². The Morgan fingerprint density at radius 1 is 1.50 bits per heavy atom. The van der Waals surface area contributed by atoms with E-state index in [1.807, 2.05) is 0 Å². The summed E-state index contributed by atoms with van der Waals surface area (Å²) in [6.45, 7) is 0.263. The van der Waals surface area contributed by atoms with E-state index in [0.717, 1.165) is 0 Å². The van der Waals surface area contributed by atoms with Crippen molar-refractivity contribution in [3.8, 4) is 0 Å². The van der Waals surface area contributed by atoms with Gasteiger partial charge in [-0.3, -0.25) is 4.79 Å². The Labute approximate surface area is 74.5 Å². The van der Waals surface area contributed by atoms with E-state index in [2.05, 4.69) is 5.32 Å². The number of aliphatic carboxylic acids is 1. The fourth-order valence-corrected chi connectivity index (χ4v) is 1.23. The van der Waals surface area contributed by atoms with Crippen molar-refractivity contribution in [1.29, 1.82) is 0 Å². The molecule has 2 N–H and O–H groups in total. The molecule has 1 heterocycles. The molecule has 0 aromatic heterocycles. The van der Waals surface area contributed by atoms with Gasteiger partial charge >= 0.3 is 5.97 Å². The highest BCUT2D eigenvalue weighted by molar-refractivity contribution is 5.85. The number of nitrogens with one attached hydrogen (secondary N) is 1. The van der Waals surface area contributed by atoms with E-state index in [1.165, 1.54) is 0 Å². The largest absolute Gasteiger partial charge is 0.481 e. The molecule has 0 spiro atoms. The zero-order valence-electron chi connectivity index (χ0n) is 6.17. The Morgan fingerprint density at radius 3 is 2.42 bits per heavy atom. The van der Waals surface area contributed by atoms with Crippen molar-refractivity contribution < 1.29 is 18.7 Å². The second kappa shape index (κ2) is 4.57. The standard InChI is InChI=1S/C6H9F2NO2.ClH/c7-5(8)3-1-9-2-4(3)6(10)11;/h3-5,9H,1-2H2,(H,10,11);1H/t3-,4-;/m0./s1. The highest BCUT2D eigenvalue weighted by Gasteiger charge is 2.38. The third-order valence-electron chi connectivity index (χ3n) is 1.90. The van der Waals surface area contributed by atoms with Gasteiger partial charge in [0.05, 0.1) is 5.92 Å². The van der Waals surface area contributed by atoms with Gasteiger partial charge in [0.2, 0.25) is 6.43 Å². The van der Waals surface area contributed by atoms with E-state index in [9.17, 15) is 13.6 Å². The van der Waals surface area contributed by atoms with Crippen molar-refractivity contribution in [3.05, 3.63) is 0 Å². The summed E-state index contributed by atoms with van der Waals surface area (Å²) in [5, 5.41) is 11.1. The third kappa shape index (κ3) is 2.28. The number of carboxylic acid groups (broad SMARTS) is 1. The molecule has 12 heavy (non-hydrogen) atoms. The van der Waals surface area contributed by atoms with Crippen molar-refractivity contribution in [2.75, 3.05) is 13.1 Å². The molecule has 0 aliphatic carbocycles. The average Bonchev–Trinajstić information content (AvgIpc) is 2.32. The van der Waals surface area contributed by atoms with Crippen LogP contribution in [-0.4, -0.2) is 30.6 Å². The van der Waals surface area contributed by atoms with Crippen LogP contribution in [0.3, 0.4) is 0 Å². The molecule has 2 atom stereocenters. The van der Waals surface area contributed by atoms with Crippen LogP contribution in [-0.2, 0) is 4.79 Å². The van der Waals surface area contributed by atoms with Crippen LogP contribution < -0.4 is 5.32 Å². The van der Waals surface area contributed by atoms with Gasteiger partial charge in [0.15, 0.2) is 0 Å². The number of rotatable bonds is 2. The van der Waals surface area contributed by atoms with Crippen LogP contribution in [0.1, 0.15) is 0 Å². The summed E-state index contributed by atoms with van der Waals surface area (Å²) in [5.74, 6) is -3.08. The lowest BCUT2D eigenvalue weighted by molar-refractivity contribution is -0.144. The van der Waals surface area contributed by atoms with Crippen LogP contribution in [0.5, 0.6) is 0 Å². The molecule has 1 fully saturated rings. The fraction of sp³-hybridized carbons (Fsp3) is 0.833. The first-order valence-electron chi connectivity index (χ1n) is 3.34. The Bertz CT molecular complexity index is 168. The van der Waals surface area contributed by atoms with Crippen LogP contribution in [0, 0.1) is 11.8 Å². The van der Waals surface area contributed by atoms with E-state index >= 15 is 0 Å². The molecule has 1 aliphatic heterocycles. The lowest BCUT2D eigenvalue weighted by atomic mass is 9.97. The van der Waals surface area contributed by atoms with E-state index in [0.29, 0.717) is 0 Å². The zero-order valence-corrected chi connectivity index (χ0v) is 6.98. The normalized spacial score (nSPS) is 28.6. The predicted octanol–water partition coefficient (Wildman–Crippen LogP) is 0.593. The van der Waals surface area contributed by atoms with Gasteiger partial charge in [-0.05, 0) is 0 Å². The lowest BCUT2D eigenvalue weighted by Crippen LogP contribution is -2.27. The van der Waals surface area contributed by atoms with Gasteiger partial charge < -0.3 is 10.4 Å². The maximum Gasteiger partial charge on any atom is 0.308 e. The monoisotopic (exact) mass is 201 g/mol. The maximum atomic E-state index is 12.0. The van der Waals surface area contributed by atoms with Crippen molar-refractivity contribution in [2.24, 2.45) is 11.8 Å². The van der Waals surface area contributed by atoms with Gasteiger partial charge in [0, 0.05) is 19.0 Å². The van der Waals surface area contributed by atoms with Crippen molar-refractivity contribution in [2.45, 2.75) is 6.43 Å². The second-order valence-corrected chi connectivity index (χ2v) is 2.60. The molecule has 0 aromatic rings. The molecule has 0 radical (unpaired) electrons. The number of carboxylic acids is 1.